The van der Waals surface area contributed by atoms with Crippen molar-refractivity contribution in [1.82, 2.24) is 0 Å². The van der Waals surface area contributed by atoms with Crippen LogP contribution in [0.25, 0.3) is 6.08 Å². The first-order valence-corrected chi connectivity index (χ1v) is 10.6. The van der Waals surface area contributed by atoms with E-state index in [1.165, 1.54) is 36.4 Å². The number of hydrogen-bond acceptors (Lipinski definition) is 4. The molecular weight excluding hydrogens is 457 g/mol. The molecule has 0 aliphatic carbocycles. The minimum atomic E-state index is -0.687. The number of benzene rings is 3. The molecule has 0 bridgehead atoms. The number of nitrogens with zero attached hydrogens (tertiary/aromatic N) is 1. The quantitative estimate of drug-likeness (QED) is 0.339. The van der Waals surface area contributed by atoms with Crippen LogP contribution < -0.4 is 15.4 Å². The zero-order valence-electron chi connectivity index (χ0n) is 18.5. The SMILES string of the molecule is Cc1ccc(C)c(NC(=O)COc2ccc(Cl)cc2/C=C(\C#N)C(=O)Nc2ccc(F)cc2)c1. The summed E-state index contributed by atoms with van der Waals surface area (Å²) in [4.78, 5) is 24.9. The number of halogens is 2. The fourth-order valence-electron chi connectivity index (χ4n) is 3.00. The van der Waals surface area contributed by atoms with Crippen molar-refractivity contribution in [3.63, 3.8) is 0 Å². The molecule has 3 aromatic carbocycles. The van der Waals surface area contributed by atoms with Gasteiger partial charge in [-0.3, -0.25) is 9.59 Å². The Bertz CT molecular complexity index is 1300. The predicted molar refractivity (Wildman–Crippen MR) is 130 cm³/mol. The van der Waals surface area contributed by atoms with Gasteiger partial charge in [-0.15, -0.1) is 0 Å². The van der Waals surface area contributed by atoms with Crippen molar-refractivity contribution in [2.24, 2.45) is 0 Å². The fourth-order valence-corrected chi connectivity index (χ4v) is 3.18. The highest BCUT2D eigenvalue weighted by Gasteiger charge is 2.13. The molecule has 0 atom stereocenters. The van der Waals surface area contributed by atoms with Crippen molar-refractivity contribution >= 4 is 40.9 Å². The number of nitriles is 1. The summed E-state index contributed by atoms with van der Waals surface area (Å²) in [5.74, 6) is -1.24. The Balaban J connectivity index is 1.75. The number of ether oxygens (including phenoxy) is 1. The molecule has 2 N–H and O–H groups in total. The van der Waals surface area contributed by atoms with Crippen LogP contribution in [-0.2, 0) is 9.59 Å². The minimum Gasteiger partial charge on any atom is -0.483 e. The highest BCUT2D eigenvalue weighted by atomic mass is 35.5. The summed E-state index contributed by atoms with van der Waals surface area (Å²) in [7, 11) is 0. The molecule has 0 fully saturated rings. The van der Waals surface area contributed by atoms with Gasteiger partial charge in [0.2, 0.25) is 0 Å². The highest BCUT2D eigenvalue weighted by molar-refractivity contribution is 6.30. The van der Waals surface area contributed by atoms with Crippen molar-refractivity contribution < 1.29 is 18.7 Å². The smallest absolute Gasteiger partial charge is 0.266 e. The first kappa shape index (κ1) is 24.5. The Morgan fingerprint density at radius 1 is 1.06 bits per heavy atom. The number of carbonyl (C=O) groups is 2. The maximum Gasteiger partial charge on any atom is 0.266 e. The van der Waals surface area contributed by atoms with Gasteiger partial charge in [0.05, 0.1) is 0 Å². The van der Waals surface area contributed by atoms with Gasteiger partial charge in [0.1, 0.15) is 23.2 Å². The monoisotopic (exact) mass is 477 g/mol. The normalized spacial score (nSPS) is 10.9. The molecular formula is C26H21ClFN3O3. The van der Waals surface area contributed by atoms with Crippen LogP contribution >= 0.6 is 11.6 Å². The molecule has 0 aliphatic heterocycles. The van der Waals surface area contributed by atoms with Gasteiger partial charge in [0.25, 0.3) is 11.8 Å². The van der Waals surface area contributed by atoms with E-state index >= 15 is 0 Å². The van der Waals surface area contributed by atoms with Gasteiger partial charge < -0.3 is 15.4 Å². The van der Waals surface area contributed by atoms with Crippen molar-refractivity contribution in [3.8, 4) is 11.8 Å². The van der Waals surface area contributed by atoms with E-state index in [2.05, 4.69) is 10.6 Å². The van der Waals surface area contributed by atoms with Gasteiger partial charge in [0, 0.05) is 22.0 Å². The summed E-state index contributed by atoms with van der Waals surface area (Å²) >= 11 is 6.09. The average Bonchev–Trinajstić information content (AvgIpc) is 2.80. The maximum absolute atomic E-state index is 13.1. The lowest BCUT2D eigenvalue weighted by Gasteiger charge is -2.12. The molecule has 6 nitrogen and oxygen atoms in total. The van der Waals surface area contributed by atoms with Crippen LogP contribution in [0.5, 0.6) is 5.75 Å². The van der Waals surface area contributed by atoms with E-state index in [0.717, 1.165) is 11.1 Å². The maximum atomic E-state index is 13.1. The molecule has 0 radical (unpaired) electrons. The third kappa shape index (κ3) is 6.67. The van der Waals surface area contributed by atoms with Crippen LogP contribution in [0.1, 0.15) is 16.7 Å². The molecule has 172 valence electrons. The highest BCUT2D eigenvalue weighted by Crippen LogP contribution is 2.26. The Morgan fingerprint density at radius 3 is 2.50 bits per heavy atom. The number of anilines is 2. The molecule has 34 heavy (non-hydrogen) atoms. The molecule has 0 aliphatic rings. The van der Waals surface area contributed by atoms with Crippen LogP contribution in [0.4, 0.5) is 15.8 Å². The lowest BCUT2D eigenvalue weighted by atomic mass is 10.1. The Morgan fingerprint density at radius 2 is 1.79 bits per heavy atom. The van der Waals surface area contributed by atoms with Gasteiger partial charge in [-0.1, -0.05) is 23.7 Å². The molecule has 8 heteroatoms. The van der Waals surface area contributed by atoms with E-state index in [-0.39, 0.29) is 23.8 Å². The van der Waals surface area contributed by atoms with Crippen molar-refractivity contribution in [3.05, 3.63) is 93.8 Å². The summed E-state index contributed by atoms with van der Waals surface area (Å²) in [6, 6.07) is 17.3. The van der Waals surface area contributed by atoms with Crippen LogP contribution in [0, 0.1) is 31.0 Å². The lowest BCUT2D eigenvalue weighted by molar-refractivity contribution is -0.118. The van der Waals surface area contributed by atoms with E-state index in [9.17, 15) is 19.2 Å². The molecule has 0 heterocycles. The third-order valence-corrected chi connectivity index (χ3v) is 5.00. The Labute approximate surface area is 201 Å². The van der Waals surface area contributed by atoms with Gasteiger partial charge >= 0.3 is 0 Å². The second-order valence-corrected chi connectivity index (χ2v) is 7.90. The molecule has 0 spiro atoms. The van der Waals surface area contributed by atoms with Crippen LogP contribution in [0.2, 0.25) is 5.02 Å². The zero-order valence-corrected chi connectivity index (χ0v) is 19.2. The molecule has 3 aromatic rings. The number of nitrogens with one attached hydrogen (secondary N) is 2. The van der Waals surface area contributed by atoms with Gasteiger partial charge in [0.15, 0.2) is 6.61 Å². The number of amides is 2. The standard InChI is InChI=1S/C26H21ClFN3O3/c1-16-3-4-17(2)23(11-16)31-25(32)15-34-24-10-5-20(27)13-18(24)12-19(14-29)26(33)30-22-8-6-21(28)7-9-22/h3-13H,15H2,1-2H3,(H,30,33)(H,31,32)/b19-12+. The zero-order chi connectivity index (χ0) is 24.7. The van der Waals surface area contributed by atoms with E-state index in [4.69, 9.17) is 16.3 Å². The Kier molecular flexibility index (Phi) is 8.01. The number of aryl methyl sites for hydroxylation is 2. The molecule has 3 rings (SSSR count). The summed E-state index contributed by atoms with van der Waals surface area (Å²) in [6.45, 7) is 3.52. The molecule has 0 saturated carbocycles. The topological polar surface area (TPSA) is 91.2 Å². The van der Waals surface area contributed by atoms with Gasteiger partial charge in [-0.05, 0) is 79.6 Å². The van der Waals surface area contributed by atoms with Crippen LogP contribution in [-0.4, -0.2) is 18.4 Å². The van der Waals surface area contributed by atoms with Crippen molar-refractivity contribution in [2.45, 2.75) is 13.8 Å². The number of hydrogen-bond donors (Lipinski definition) is 2. The second-order valence-electron chi connectivity index (χ2n) is 7.47. The van der Waals surface area contributed by atoms with Gasteiger partial charge in [-0.2, -0.15) is 5.26 Å². The van der Waals surface area contributed by atoms with Crippen LogP contribution in [0.15, 0.2) is 66.2 Å². The summed E-state index contributed by atoms with van der Waals surface area (Å²) in [5, 5.41) is 15.2. The number of carbonyl (C=O) groups excluding carboxylic acids is 2. The summed E-state index contributed by atoms with van der Waals surface area (Å²) in [6.07, 6.45) is 1.31. The first-order chi connectivity index (χ1) is 16.2. The first-order valence-electron chi connectivity index (χ1n) is 10.2. The Hall–Kier alpha value is -4.15. The van der Waals surface area contributed by atoms with E-state index in [1.54, 1.807) is 12.1 Å². The summed E-state index contributed by atoms with van der Waals surface area (Å²) in [5.41, 5.74) is 3.07. The second kappa shape index (κ2) is 11.1. The molecule has 2 amide bonds. The fraction of sp³-hybridized carbons (Fsp3) is 0.115. The van der Waals surface area contributed by atoms with Crippen molar-refractivity contribution in [2.75, 3.05) is 17.2 Å². The lowest BCUT2D eigenvalue weighted by Crippen LogP contribution is -2.21. The van der Waals surface area contributed by atoms with E-state index < -0.39 is 11.7 Å². The summed E-state index contributed by atoms with van der Waals surface area (Å²) < 4.78 is 18.7. The average molecular weight is 478 g/mol. The predicted octanol–water partition coefficient (Wildman–Crippen LogP) is 5.66. The van der Waals surface area contributed by atoms with Gasteiger partial charge in [-0.25, -0.2) is 4.39 Å². The van der Waals surface area contributed by atoms with Crippen LogP contribution in [0.3, 0.4) is 0 Å². The number of rotatable bonds is 7. The van der Waals surface area contributed by atoms with E-state index in [0.29, 0.717) is 22.0 Å². The third-order valence-electron chi connectivity index (χ3n) is 4.76. The molecule has 0 unspecified atom stereocenters. The van der Waals surface area contributed by atoms with Crippen molar-refractivity contribution in [1.29, 1.82) is 5.26 Å². The molecule has 0 saturated heterocycles. The van der Waals surface area contributed by atoms with E-state index in [1.807, 2.05) is 38.1 Å². The minimum absolute atomic E-state index is 0.226. The largest absolute Gasteiger partial charge is 0.483 e. The molecule has 0 aromatic heterocycles.